The average Bonchev–Trinajstić information content (AvgIpc) is 3.37. The lowest BCUT2D eigenvalue weighted by Crippen LogP contribution is -2.44. The summed E-state index contributed by atoms with van der Waals surface area (Å²) in [6.07, 6.45) is 5.15. The van der Waals surface area contributed by atoms with Gasteiger partial charge in [-0.2, -0.15) is 0 Å². The first kappa shape index (κ1) is 22.2. The number of aryl methyl sites for hydroxylation is 1. The number of nitrogens with zero attached hydrogens (tertiary/aromatic N) is 4. The number of hydrogen-bond acceptors (Lipinski definition) is 4. The van der Waals surface area contributed by atoms with Gasteiger partial charge in [-0.25, -0.2) is 4.98 Å². The number of aliphatic imine (C=N–C) groups is 1. The van der Waals surface area contributed by atoms with E-state index >= 15 is 0 Å². The van der Waals surface area contributed by atoms with Gasteiger partial charge in [0.2, 0.25) is 0 Å². The second kappa shape index (κ2) is 10.0. The average molecular weight is 520 g/mol. The van der Waals surface area contributed by atoms with Crippen LogP contribution >= 0.6 is 24.0 Å². The fraction of sp³-hybridized carbons (Fsp3) is 0.364. The number of nitrogens with one attached hydrogen (secondary N) is 2. The summed E-state index contributed by atoms with van der Waals surface area (Å²) in [4.78, 5) is 11.4. The van der Waals surface area contributed by atoms with E-state index in [0.717, 1.165) is 42.6 Å². The molecule has 1 aromatic carbocycles. The van der Waals surface area contributed by atoms with E-state index in [4.69, 9.17) is 4.74 Å². The number of ether oxygens (including phenoxy) is 1. The van der Waals surface area contributed by atoms with Gasteiger partial charge in [-0.3, -0.25) is 4.99 Å². The summed E-state index contributed by atoms with van der Waals surface area (Å²) < 4.78 is 7.39. The molecule has 0 spiro atoms. The number of rotatable bonds is 5. The Bertz CT molecular complexity index is 1020. The highest BCUT2D eigenvalue weighted by Crippen LogP contribution is 2.24. The van der Waals surface area contributed by atoms with E-state index in [1.807, 2.05) is 22.7 Å². The van der Waals surface area contributed by atoms with Crippen molar-refractivity contribution in [1.82, 2.24) is 20.0 Å². The van der Waals surface area contributed by atoms with Crippen LogP contribution in [0.15, 0.2) is 53.8 Å². The number of fused-ring (bicyclic) bond motifs is 1. The van der Waals surface area contributed by atoms with Gasteiger partial charge in [-0.15, -0.1) is 24.0 Å². The first-order valence-corrected chi connectivity index (χ1v) is 9.95. The van der Waals surface area contributed by atoms with Crippen molar-refractivity contribution in [2.45, 2.75) is 25.9 Å². The third kappa shape index (κ3) is 5.16. The highest BCUT2D eigenvalue weighted by molar-refractivity contribution is 14.0. The normalized spacial score (nSPS) is 16.4. The highest BCUT2D eigenvalue weighted by atomic mass is 127. The molecule has 4 rings (SSSR count). The van der Waals surface area contributed by atoms with Gasteiger partial charge in [0.15, 0.2) is 5.96 Å². The molecule has 30 heavy (non-hydrogen) atoms. The van der Waals surface area contributed by atoms with Crippen LogP contribution in [0.2, 0.25) is 0 Å². The second-order valence-corrected chi connectivity index (χ2v) is 7.40. The van der Waals surface area contributed by atoms with Crippen molar-refractivity contribution in [2.75, 3.05) is 32.1 Å². The molecule has 3 aromatic rings. The molecule has 1 aliphatic rings. The van der Waals surface area contributed by atoms with Crippen LogP contribution in [0, 0.1) is 6.92 Å². The lowest BCUT2D eigenvalue weighted by atomic mass is 10.2. The Morgan fingerprint density at radius 2 is 2.17 bits per heavy atom. The van der Waals surface area contributed by atoms with Gasteiger partial charge in [-0.05, 0) is 43.2 Å². The molecule has 1 aliphatic heterocycles. The molecule has 7 nitrogen and oxygen atoms in total. The summed E-state index contributed by atoms with van der Waals surface area (Å²) in [5.74, 6) is 1.69. The third-order valence-corrected chi connectivity index (χ3v) is 5.27. The van der Waals surface area contributed by atoms with E-state index in [1.54, 1.807) is 14.2 Å². The Morgan fingerprint density at radius 3 is 2.97 bits per heavy atom. The van der Waals surface area contributed by atoms with Gasteiger partial charge >= 0.3 is 0 Å². The molecule has 1 fully saturated rings. The van der Waals surface area contributed by atoms with Crippen LogP contribution in [0.1, 0.15) is 17.7 Å². The zero-order valence-electron chi connectivity index (χ0n) is 17.6. The van der Waals surface area contributed by atoms with Crippen molar-refractivity contribution in [3.63, 3.8) is 0 Å². The predicted molar refractivity (Wildman–Crippen MR) is 132 cm³/mol. The fourth-order valence-electron chi connectivity index (χ4n) is 3.70. The summed E-state index contributed by atoms with van der Waals surface area (Å²) in [5, 5.41) is 6.92. The van der Waals surface area contributed by atoms with Crippen LogP contribution in [0.5, 0.6) is 5.75 Å². The molecule has 0 bridgehead atoms. The molecule has 0 amide bonds. The number of guanidine groups is 1. The maximum absolute atomic E-state index is 5.35. The van der Waals surface area contributed by atoms with E-state index in [0.29, 0.717) is 12.6 Å². The van der Waals surface area contributed by atoms with Crippen molar-refractivity contribution in [3.05, 3.63) is 60.0 Å². The minimum atomic E-state index is 0. The van der Waals surface area contributed by atoms with Crippen LogP contribution in [-0.4, -0.2) is 48.6 Å². The van der Waals surface area contributed by atoms with Crippen LogP contribution in [0.3, 0.4) is 0 Å². The standard InChI is InChI=1S/C22H28N6O.HI/c1-16-7-9-28-15-18(25-21(28)11-16)13-24-22(23-2)26-17-8-10-27(14-17)19-5-4-6-20(12-19)29-3;/h4-7,9,11-12,15,17H,8,10,13-14H2,1-3H3,(H2,23,24,26);1H. The van der Waals surface area contributed by atoms with Crippen molar-refractivity contribution in [1.29, 1.82) is 0 Å². The summed E-state index contributed by atoms with van der Waals surface area (Å²) >= 11 is 0. The summed E-state index contributed by atoms with van der Waals surface area (Å²) in [5.41, 5.74) is 4.36. The Labute approximate surface area is 194 Å². The molecule has 0 aliphatic carbocycles. The first-order valence-electron chi connectivity index (χ1n) is 9.95. The Balaban J connectivity index is 0.00000256. The molecule has 2 aromatic heterocycles. The molecular formula is C22H29IN6O. The highest BCUT2D eigenvalue weighted by Gasteiger charge is 2.23. The molecule has 1 atom stereocenters. The summed E-state index contributed by atoms with van der Waals surface area (Å²) in [6, 6.07) is 12.7. The van der Waals surface area contributed by atoms with Gasteiger partial charge in [0.05, 0.1) is 19.3 Å². The molecule has 0 saturated carbocycles. The quantitative estimate of drug-likeness (QED) is 0.308. The van der Waals surface area contributed by atoms with Crippen LogP contribution in [0.4, 0.5) is 5.69 Å². The number of pyridine rings is 1. The molecule has 3 heterocycles. The van der Waals surface area contributed by atoms with Crippen molar-refractivity contribution in [3.8, 4) is 5.75 Å². The predicted octanol–water partition coefficient (Wildman–Crippen LogP) is 3.21. The lowest BCUT2D eigenvalue weighted by molar-refractivity contribution is 0.415. The largest absolute Gasteiger partial charge is 0.497 e. The van der Waals surface area contributed by atoms with Crippen LogP contribution in [-0.2, 0) is 6.54 Å². The number of benzene rings is 1. The molecule has 1 unspecified atom stereocenters. The van der Waals surface area contributed by atoms with Crippen LogP contribution < -0.4 is 20.3 Å². The van der Waals surface area contributed by atoms with E-state index in [-0.39, 0.29) is 24.0 Å². The van der Waals surface area contributed by atoms with Gasteiger partial charge in [-0.1, -0.05) is 6.07 Å². The van der Waals surface area contributed by atoms with Gasteiger partial charge in [0.1, 0.15) is 11.4 Å². The van der Waals surface area contributed by atoms with Gasteiger partial charge < -0.3 is 24.7 Å². The zero-order valence-corrected chi connectivity index (χ0v) is 20.0. The maximum Gasteiger partial charge on any atom is 0.191 e. The molecular weight excluding hydrogens is 491 g/mol. The molecule has 2 N–H and O–H groups in total. The SMILES string of the molecule is CN=C(NCc1cn2ccc(C)cc2n1)NC1CCN(c2cccc(OC)c2)C1.I. The van der Waals surface area contributed by atoms with Gasteiger partial charge in [0, 0.05) is 50.3 Å². The smallest absolute Gasteiger partial charge is 0.191 e. The van der Waals surface area contributed by atoms with Crippen molar-refractivity contribution >= 4 is 41.3 Å². The van der Waals surface area contributed by atoms with E-state index in [1.165, 1.54) is 11.3 Å². The first-order chi connectivity index (χ1) is 14.1. The second-order valence-electron chi connectivity index (χ2n) is 7.40. The molecule has 160 valence electrons. The monoisotopic (exact) mass is 520 g/mol. The number of halogens is 1. The van der Waals surface area contributed by atoms with Crippen molar-refractivity contribution < 1.29 is 4.74 Å². The zero-order chi connectivity index (χ0) is 20.2. The number of hydrogen-bond donors (Lipinski definition) is 2. The third-order valence-electron chi connectivity index (χ3n) is 5.27. The maximum atomic E-state index is 5.35. The number of anilines is 1. The molecule has 1 saturated heterocycles. The molecule has 8 heteroatoms. The number of methoxy groups -OCH3 is 1. The van der Waals surface area contributed by atoms with Gasteiger partial charge in [0.25, 0.3) is 0 Å². The van der Waals surface area contributed by atoms with E-state index in [9.17, 15) is 0 Å². The minimum Gasteiger partial charge on any atom is -0.497 e. The minimum absolute atomic E-state index is 0. The number of aromatic nitrogens is 2. The van der Waals surface area contributed by atoms with E-state index < -0.39 is 0 Å². The summed E-state index contributed by atoms with van der Waals surface area (Å²) in [7, 11) is 3.50. The van der Waals surface area contributed by atoms with E-state index in [2.05, 4.69) is 62.9 Å². The number of imidazole rings is 1. The Morgan fingerprint density at radius 1 is 1.30 bits per heavy atom. The Hall–Kier alpha value is -2.49. The molecule has 0 radical (unpaired) electrons. The Kier molecular flexibility index (Phi) is 7.41. The van der Waals surface area contributed by atoms with Crippen LogP contribution in [0.25, 0.3) is 5.65 Å². The summed E-state index contributed by atoms with van der Waals surface area (Å²) in [6.45, 7) is 4.65. The fourth-order valence-corrected chi connectivity index (χ4v) is 3.70. The topological polar surface area (TPSA) is 66.2 Å². The van der Waals surface area contributed by atoms with Crippen molar-refractivity contribution in [2.24, 2.45) is 4.99 Å². The lowest BCUT2D eigenvalue weighted by Gasteiger charge is -2.20.